The minimum atomic E-state index is -5.94. The molecule has 0 saturated carbocycles. The van der Waals surface area contributed by atoms with Gasteiger partial charge in [-0.1, -0.05) is 0 Å². The summed E-state index contributed by atoms with van der Waals surface area (Å²) in [7, 11) is 0. The largest absolute Gasteiger partial charge is 0.459 e. The lowest BCUT2D eigenvalue weighted by Gasteiger charge is -2.21. The standard InChI is InChI=1S/C23H19BrF6N6O/c1-12-20(24)13(2)35(33-12)9-3-8-31-21(37)17-11-19-32-16(14-4-6-15(25)7-5-14)10-18(36(19)34-17)22(26,27)23(28,29)30/h4-7,10-11H,3,8-9H2,1-2H3,(H,31,37). The summed E-state index contributed by atoms with van der Waals surface area (Å²) < 4.78 is 84.8. The van der Waals surface area contributed by atoms with E-state index in [1.54, 1.807) is 4.68 Å². The van der Waals surface area contributed by atoms with Gasteiger partial charge in [0.25, 0.3) is 5.91 Å². The van der Waals surface area contributed by atoms with E-state index in [0.717, 1.165) is 34.1 Å². The fourth-order valence-electron chi connectivity index (χ4n) is 3.64. The van der Waals surface area contributed by atoms with Crippen molar-refractivity contribution < 1.29 is 31.1 Å². The average molecular weight is 589 g/mol. The summed E-state index contributed by atoms with van der Waals surface area (Å²) in [6.45, 7) is 4.36. The van der Waals surface area contributed by atoms with Crippen LogP contribution < -0.4 is 5.32 Å². The van der Waals surface area contributed by atoms with E-state index in [0.29, 0.717) is 23.5 Å². The van der Waals surface area contributed by atoms with E-state index in [1.807, 2.05) is 13.8 Å². The zero-order valence-electron chi connectivity index (χ0n) is 19.4. The molecular formula is C23H19BrF6N6O. The molecule has 3 aromatic heterocycles. The van der Waals surface area contributed by atoms with E-state index in [2.05, 4.69) is 36.4 Å². The van der Waals surface area contributed by atoms with Crippen LogP contribution in [-0.4, -0.2) is 43.0 Å². The molecule has 0 atom stereocenters. The van der Waals surface area contributed by atoms with E-state index in [1.165, 1.54) is 12.1 Å². The summed E-state index contributed by atoms with van der Waals surface area (Å²) in [6, 6.07) is 5.95. The van der Waals surface area contributed by atoms with Gasteiger partial charge in [-0.2, -0.15) is 32.1 Å². The van der Waals surface area contributed by atoms with Crippen LogP contribution in [0.1, 0.15) is 34.0 Å². The Morgan fingerprint density at radius 1 is 1.05 bits per heavy atom. The Bertz CT molecular complexity index is 1460. The van der Waals surface area contributed by atoms with Crippen molar-refractivity contribution in [3.63, 3.8) is 0 Å². The lowest BCUT2D eigenvalue weighted by Crippen LogP contribution is -2.36. The first-order valence-corrected chi connectivity index (χ1v) is 11.7. The number of carbonyl (C=O) groups is 1. The lowest BCUT2D eigenvalue weighted by molar-refractivity contribution is -0.291. The zero-order chi connectivity index (χ0) is 27.1. The van der Waals surface area contributed by atoms with Crippen LogP contribution in [0.25, 0.3) is 16.9 Å². The van der Waals surface area contributed by atoms with Crippen LogP contribution >= 0.6 is 15.9 Å². The zero-order valence-corrected chi connectivity index (χ0v) is 21.0. The summed E-state index contributed by atoms with van der Waals surface area (Å²) in [5, 5.41) is 10.6. The first-order chi connectivity index (χ1) is 17.3. The normalized spacial score (nSPS) is 12.4. The van der Waals surface area contributed by atoms with Gasteiger partial charge in [0, 0.05) is 30.4 Å². The van der Waals surface area contributed by atoms with E-state index in [-0.39, 0.29) is 17.8 Å². The summed E-state index contributed by atoms with van der Waals surface area (Å²) in [4.78, 5) is 16.7. The van der Waals surface area contributed by atoms with Crippen molar-refractivity contribution in [2.45, 2.75) is 38.9 Å². The number of rotatable bonds is 7. The molecule has 0 bridgehead atoms. The van der Waals surface area contributed by atoms with Crippen LogP contribution in [0.4, 0.5) is 26.3 Å². The van der Waals surface area contributed by atoms with Crippen molar-refractivity contribution in [1.82, 2.24) is 29.7 Å². The number of carbonyl (C=O) groups excluding carboxylic acids is 1. The second-order valence-corrected chi connectivity index (χ2v) is 9.02. The van der Waals surface area contributed by atoms with Gasteiger partial charge < -0.3 is 5.32 Å². The molecule has 37 heavy (non-hydrogen) atoms. The van der Waals surface area contributed by atoms with Gasteiger partial charge in [-0.3, -0.25) is 9.48 Å². The third-order valence-electron chi connectivity index (χ3n) is 5.60. The number of fused-ring (bicyclic) bond motifs is 1. The van der Waals surface area contributed by atoms with Crippen molar-refractivity contribution >= 4 is 27.5 Å². The van der Waals surface area contributed by atoms with Crippen molar-refractivity contribution in [2.24, 2.45) is 0 Å². The fraction of sp³-hybridized carbons (Fsp3) is 0.304. The molecule has 0 unspecified atom stereocenters. The molecule has 3 heterocycles. The highest BCUT2D eigenvalue weighted by molar-refractivity contribution is 9.10. The number of benzene rings is 1. The van der Waals surface area contributed by atoms with Gasteiger partial charge in [0.05, 0.1) is 15.9 Å². The quantitative estimate of drug-likeness (QED) is 0.226. The van der Waals surface area contributed by atoms with E-state index >= 15 is 0 Å². The van der Waals surface area contributed by atoms with E-state index < -0.39 is 40.9 Å². The topological polar surface area (TPSA) is 77.1 Å². The molecule has 14 heteroatoms. The SMILES string of the molecule is Cc1nn(CCCNC(=O)c2cc3nc(-c4ccc(F)cc4)cc(C(F)(F)C(F)(F)F)n3n2)c(C)c1Br. The van der Waals surface area contributed by atoms with Gasteiger partial charge in [-0.05, 0) is 66.5 Å². The molecule has 4 aromatic rings. The van der Waals surface area contributed by atoms with Crippen LogP contribution in [0.3, 0.4) is 0 Å². The van der Waals surface area contributed by atoms with Gasteiger partial charge >= 0.3 is 12.1 Å². The summed E-state index contributed by atoms with van der Waals surface area (Å²) >= 11 is 3.42. The third-order valence-corrected chi connectivity index (χ3v) is 6.75. The van der Waals surface area contributed by atoms with Gasteiger partial charge in [0.2, 0.25) is 0 Å². The third kappa shape index (κ3) is 5.20. The minimum Gasteiger partial charge on any atom is -0.351 e. The Kier molecular flexibility index (Phi) is 7.06. The van der Waals surface area contributed by atoms with Crippen LogP contribution in [0, 0.1) is 19.7 Å². The fourth-order valence-corrected chi connectivity index (χ4v) is 3.92. The second kappa shape index (κ2) is 9.80. The van der Waals surface area contributed by atoms with Crippen LogP contribution in [0.5, 0.6) is 0 Å². The number of hydrogen-bond donors (Lipinski definition) is 1. The molecule has 0 saturated heterocycles. The first-order valence-electron chi connectivity index (χ1n) is 10.9. The molecule has 1 amide bonds. The highest BCUT2D eigenvalue weighted by Gasteiger charge is 2.60. The maximum absolute atomic E-state index is 14.4. The predicted octanol–water partition coefficient (Wildman–Crippen LogP) is 5.59. The molecule has 0 aliphatic rings. The van der Waals surface area contributed by atoms with E-state index in [4.69, 9.17) is 0 Å². The number of nitrogens with zero attached hydrogens (tertiary/aromatic N) is 5. The molecular weight excluding hydrogens is 570 g/mol. The Hall–Kier alpha value is -3.42. The van der Waals surface area contributed by atoms with Crippen molar-refractivity contribution in [1.29, 1.82) is 0 Å². The maximum Gasteiger partial charge on any atom is 0.459 e. The first kappa shape index (κ1) is 26.6. The molecule has 4 rings (SSSR count). The lowest BCUT2D eigenvalue weighted by atomic mass is 10.1. The van der Waals surface area contributed by atoms with Crippen LogP contribution in [-0.2, 0) is 12.5 Å². The van der Waals surface area contributed by atoms with E-state index in [9.17, 15) is 31.1 Å². The maximum atomic E-state index is 14.4. The van der Waals surface area contributed by atoms with Crippen molar-refractivity contribution in [3.8, 4) is 11.3 Å². The summed E-state index contributed by atoms with van der Waals surface area (Å²) in [5.41, 5.74) is -0.773. The number of nitrogens with one attached hydrogen (secondary N) is 1. The van der Waals surface area contributed by atoms with Crippen LogP contribution in [0.2, 0.25) is 0 Å². The monoisotopic (exact) mass is 588 g/mol. The van der Waals surface area contributed by atoms with Gasteiger partial charge in [0.15, 0.2) is 11.3 Å². The Labute approximate surface area is 214 Å². The van der Waals surface area contributed by atoms with Crippen molar-refractivity contribution in [3.05, 3.63) is 69.5 Å². The number of aromatic nitrogens is 5. The predicted molar refractivity (Wildman–Crippen MR) is 125 cm³/mol. The van der Waals surface area contributed by atoms with Gasteiger partial charge in [-0.25, -0.2) is 13.9 Å². The highest BCUT2D eigenvalue weighted by Crippen LogP contribution is 2.44. The molecule has 1 aromatic carbocycles. The smallest absolute Gasteiger partial charge is 0.351 e. The minimum absolute atomic E-state index is 0.103. The Morgan fingerprint density at radius 2 is 1.73 bits per heavy atom. The molecule has 0 aliphatic heterocycles. The second-order valence-electron chi connectivity index (χ2n) is 8.22. The summed E-state index contributed by atoms with van der Waals surface area (Å²) in [6.07, 6.45) is -5.47. The highest BCUT2D eigenvalue weighted by atomic mass is 79.9. The number of aryl methyl sites for hydroxylation is 2. The van der Waals surface area contributed by atoms with Crippen LogP contribution in [0.15, 0.2) is 40.9 Å². The summed E-state index contributed by atoms with van der Waals surface area (Å²) in [5.74, 6) is -6.71. The number of amides is 1. The number of halogens is 7. The van der Waals surface area contributed by atoms with Crippen molar-refractivity contribution in [2.75, 3.05) is 6.54 Å². The number of hydrogen-bond acceptors (Lipinski definition) is 4. The van der Waals surface area contributed by atoms with Gasteiger partial charge in [-0.15, -0.1) is 0 Å². The number of alkyl halides is 5. The molecule has 0 aliphatic carbocycles. The average Bonchev–Trinajstić information content (AvgIpc) is 3.37. The molecule has 0 radical (unpaired) electrons. The molecule has 0 fully saturated rings. The molecule has 0 spiro atoms. The van der Waals surface area contributed by atoms with Gasteiger partial charge in [0.1, 0.15) is 11.5 Å². The molecule has 1 N–H and O–H groups in total. The Morgan fingerprint density at radius 3 is 2.32 bits per heavy atom. The molecule has 196 valence electrons. The Balaban J connectivity index is 1.61. The molecule has 7 nitrogen and oxygen atoms in total.